The molecule has 100 valence electrons. The average molecular weight is 253 g/mol. The Hall–Kier alpha value is -0.960. The molecule has 1 atom stereocenters. The Kier molecular flexibility index (Phi) is 3.71. The van der Waals surface area contributed by atoms with Gasteiger partial charge in [0, 0.05) is 12.0 Å². The lowest BCUT2D eigenvalue weighted by Crippen LogP contribution is -2.21. The molecule has 1 aromatic rings. The van der Waals surface area contributed by atoms with Crippen LogP contribution in [0.2, 0.25) is 0 Å². The third-order valence-electron chi connectivity index (χ3n) is 3.94. The van der Waals surface area contributed by atoms with Crippen LogP contribution in [0.3, 0.4) is 0 Å². The number of rotatable bonds is 3. The van der Waals surface area contributed by atoms with Crippen molar-refractivity contribution >= 4 is 0 Å². The van der Waals surface area contributed by atoms with Gasteiger partial charge in [-0.15, -0.1) is 0 Å². The second-order valence-electron chi connectivity index (χ2n) is 5.52. The third-order valence-corrected chi connectivity index (χ3v) is 3.94. The summed E-state index contributed by atoms with van der Waals surface area (Å²) in [5.41, 5.74) is 2.93. The van der Waals surface area contributed by atoms with Gasteiger partial charge in [-0.25, -0.2) is 8.78 Å². The van der Waals surface area contributed by atoms with Crippen molar-refractivity contribution in [2.45, 2.75) is 39.5 Å². The largest absolute Gasteiger partial charge is 0.316 e. The summed E-state index contributed by atoms with van der Waals surface area (Å²) in [5, 5.41) is 3.15. The number of hydrogen-bond acceptors (Lipinski definition) is 1. The van der Waals surface area contributed by atoms with Gasteiger partial charge < -0.3 is 5.32 Å². The maximum Gasteiger partial charge on any atom is 0.273 e. The summed E-state index contributed by atoms with van der Waals surface area (Å²) in [4.78, 5) is 0. The molecule has 1 nitrogen and oxygen atoms in total. The summed E-state index contributed by atoms with van der Waals surface area (Å²) in [5.74, 6) is -2.61. The first-order valence-electron chi connectivity index (χ1n) is 6.57. The van der Waals surface area contributed by atoms with E-state index in [1.165, 1.54) is 0 Å². The first kappa shape index (κ1) is 13.5. The molecule has 1 heterocycles. The molecule has 2 rings (SSSR count). The molecule has 0 aromatic heterocycles. The second kappa shape index (κ2) is 4.96. The molecule has 1 N–H and O–H groups in total. The number of nitrogens with one attached hydrogen (secondary N) is 1. The summed E-state index contributed by atoms with van der Waals surface area (Å²) in [6, 6.07) is 3.53. The van der Waals surface area contributed by atoms with E-state index in [0.29, 0.717) is 5.56 Å². The van der Waals surface area contributed by atoms with Gasteiger partial charge in [0.15, 0.2) is 0 Å². The topological polar surface area (TPSA) is 12.0 Å². The highest BCUT2D eigenvalue weighted by Crippen LogP contribution is 2.38. The lowest BCUT2D eigenvalue weighted by molar-refractivity contribution is -0.0274. The number of benzene rings is 1. The van der Waals surface area contributed by atoms with E-state index in [0.717, 1.165) is 30.6 Å². The summed E-state index contributed by atoms with van der Waals surface area (Å²) in [6.07, 6.45) is 0.822. The van der Waals surface area contributed by atoms with Crippen LogP contribution in [0, 0.1) is 26.7 Å². The maximum atomic E-state index is 14.4. The lowest BCUT2D eigenvalue weighted by Gasteiger charge is -2.23. The molecule has 18 heavy (non-hydrogen) atoms. The maximum absolute atomic E-state index is 14.4. The van der Waals surface area contributed by atoms with Crippen LogP contribution in [0.1, 0.15) is 35.1 Å². The normalized spacial score (nSPS) is 20.4. The monoisotopic (exact) mass is 253 g/mol. The van der Waals surface area contributed by atoms with Crippen molar-refractivity contribution in [2.75, 3.05) is 13.1 Å². The summed E-state index contributed by atoms with van der Waals surface area (Å²) < 4.78 is 28.7. The Labute approximate surface area is 108 Å². The fourth-order valence-corrected chi connectivity index (χ4v) is 2.72. The van der Waals surface area contributed by atoms with Gasteiger partial charge in [0.05, 0.1) is 0 Å². The van der Waals surface area contributed by atoms with Crippen LogP contribution in [-0.2, 0) is 5.92 Å². The van der Waals surface area contributed by atoms with Crippen molar-refractivity contribution < 1.29 is 8.78 Å². The average Bonchev–Trinajstić information content (AvgIpc) is 2.75. The summed E-state index contributed by atoms with van der Waals surface area (Å²) >= 11 is 0. The zero-order valence-electron chi connectivity index (χ0n) is 11.3. The molecule has 1 aliphatic rings. The van der Waals surface area contributed by atoms with Crippen LogP contribution < -0.4 is 5.32 Å². The molecule has 1 aromatic carbocycles. The highest BCUT2D eigenvalue weighted by Gasteiger charge is 2.37. The number of alkyl halides is 2. The van der Waals surface area contributed by atoms with Gasteiger partial charge >= 0.3 is 0 Å². The third kappa shape index (κ3) is 2.72. The van der Waals surface area contributed by atoms with E-state index in [1.54, 1.807) is 13.0 Å². The molecule has 1 fully saturated rings. The van der Waals surface area contributed by atoms with Crippen LogP contribution in [0.5, 0.6) is 0 Å². The minimum Gasteiger partial charge on any atom is -0.316 e. The van der Waals surface area contributed by atoms with E-state index in [1.807, 2.05) is 19.9 Å². The van der Waals surface area contributed by atoms with Crippen molar-refractivity contribution in [1.29, 1.82) is 0 Å². The van der Waals surface area contributed by atoms with Gasteiger partial charge in [0.25, 0.3) is 5.92 Å². The van der Waals surface area contributed by atoms with Gasteiger partial charge in [-0.1, -0.05) is 6.07 Å². The molecule has 0 saturated carbocycles. The van der Waals surface area contributed by atoms with Crippen LogP contribution in [0.15, 0.2) is 12.1 Å². The number of halogens is 2. The van der Waals surface area contributed by atoms with Crippen LogP contribution in [0.25, 0.3) is 0 Å². The predicted molar refractivity (Wildman–Crippen MR) is 70.1 cm³/mol. The SMILES string of the molecule is Cc1cc(C)c(C(F)(F)CC2CCNC2)cc1C. The van der Waals surface area contributed by atoms with Gasteiger partial charge in [-0.3, -0.25) is 0 Å². The van der Waals surface area contributed by atoms with Crippen LogP contribution in [-0.4, -0.2) is 13.1 Å². The fraction of sp³-hybridized carbons (Fsp3) is 0.600. The molecule has 0 amide bonds. The Bertz CT molecular complexity index is 434. The van der Waals surface area contributed by atoms with E-state index in [4.69, 9.17) is 0 Å². The zero-order chi connectivity index (χ0) is 13.3. The molecule has 0 spiro atoms. The van der Waals surface area contributed by atoms with Crippen molar-refractivity contribution in [3.63, 3.8) is 0 Å². The van der Waals surface area contributed by atoms with Gasteiger partial charge in [-0.2, -0.15) is 0 Å². The number of aryl methyl sites for hydroxylation is 3. The molecular formula is C15H21F2N. The van der Waals surface area contributed by atoms with E-state index in [-0.39, 0.29) is 17.9 Å². The van der Waals surface area contributed by atoms with Crippen LogP contribution >= 0.6 is 0 Å². The Balaban J connectivity index is 2.25. The van der Waals surface area contributed by atoms with Gasteiger partial charge in [0.1, 0.15) is 0 Å². The first-order chi connectivity index (χ1) is 8.40. The predicted octanol–water partition coefficient (Wildman–Crippen LogP) is 3.70. The Morgan fingerprint density at radius 1 is 1.17 bits per heavy atom. The molecule has 0 radical (unpaired) electrons. The molecular weight excluding hydrogens is 232 g/mol. The smallest absolute Gasteiger partial charge is 0.273 e. The summed E-state index contributed by atoms with van der Waals surface area (Å²) in [6.45, 7) is 7.23. The summed E-state index contributed by atoms with van der Waals surface area (Å²) in [7, 11) is 0. The minimum absolute atomic E-state index is 0.0384. The zero-order valence-corrected chi connectivity index (χ0v) is 11.3. The molecule has 0 bridgehead atoms. The van der Waals surface area contributed by atoms with Crippen molar-refractivity contribution in [1.82, 2.24) is 5.32 Å². The van der Waals surface area contributed by atoms with E-state index >= 15 is 0 Å². The van der Waals surface area contributed by atoms with E-state index < -0.39 is 5.92 Å². The highest BCUT2D eigenvalue weighted by molar-refractivity contribution is 5.38. The molecule has 1 saturated heterocycles. The van der Waals surface area contributed by atoms with Gasteiger partial charge in [-0.05, 0) is 69.0 Å². The van der Waals surface area contributed by atoms with Crippen molar-refractivity contribution in [2.24, 2.45) is 5.92 Å². The quantitative estimate of drug-likeness (QED) is 0.866. The Morgan fingerprint density at radius 3 is 2.44 bits per heavy atom. The van der Waals surface area contributed by atoms with Crippen molar-refractivity contribution in [3.8, 4) is 0 Å². The van der Waals surface area contributed by atoms with E-state index in [9.17, 15) is 8.78 Å². The standard InChI is InChI=1S/C15H21F2N/c1-10-6-12(3)14(7-11(10)2)15(16,17)8-13-4-5-18-9-13/h6-7,13,18H,4-5,8-9H2,1-3H3. The minimum atomic E-state index is -2.71. The van der Waals surface area contributed by atoms with E-state index in [2.05, 4.69) is 5.32 Å². The molecule has 1 unspecified atom stereocenters. The molecule has 1 aliphatic heterocycles. The van der Waals surface area contributed by atoms with Crippen molar-refractivity contribution in [3.05, 3.63) is 34.4 Å². The highest BCUT2D eigenvalue weighted by atomic mass is 19.3. The molecule has 3 heteroatoms. The lowest BCUT2D eigenvalue weighted by atomic mass is 9.90. The fourth-order valence-electron chi connectivity index (χ4n) is 2.72. The number of hydrogen-bond donors (Lipinski definition) is 1. The van der Waals surface area contributed by atoms with Gasteiger partial charge in [0.2, 0.25) is 0 Å². The second-order valence-corrected chi connectivity index (χ2v) is 5.52. The van der Waals surface area contributed by atoms with Crippen LogP contribution in [0.4, 0.5) is 8.78 Å². The first-order valence-corrected chi connectivity index (χ1v) is 6.57. The Morgan fingerprint density at radius 2 is 1.83 bits per heavy atom. The molecule has 0 aliphatic carbocycles.